The monoisotopic (exact) mass is 307 g/mol. The Kier molecular flexibility index (Phi) is 5.12. The molecule has 0 unspecified atom stereocenters. The first-order chi connectivity index (χ1) is 10.1. The number of aryl methyl sites for hydroxylation is 1. The molecule has 0 spiro atoms. The van der Waals surface area contributed by atoms with Crippen LogP contribution in [0.15, 0.2) is 18.2 Å². The second-order valence-electron chi connectivity index (χ2n) is 4.81. The Balaban J connectivity index is 2.41. The van der Waals surface area contributed by atoms with E-state index in [1.807, 2.05) is 13.8 Å². The number of hydrogen-bond acceptors (Lipinski definition) is 3. The van der Waals surface area contributed by atoms with E-state index in [-0.39, 0.29) is 12.2 Å². The summed E-state index contributed by atoms with van der Waals surface area (Å²) in [5.41, 5.74) is 2.46. The van der Waals surface area contributed by atoms with Crippen molar-refractivity contribution in [2.24, 2.45) is 0 Å². The van der Waals surface area contributed by atoms with Gasteiger partial charge in [-0.15, -0.1) is 0 Å². The lowest BCUT2D eigenvalue weighted by Gasteiger charge is -2.13. The molecule has 0 fully saturated rings. The number of aromatic nitrogens is 2. The third-order valence-corrected chi connectivity index (χ3v) is 3.71. The van der Waals surface area contributed by atoms with E-state index < -0.39 is 0 Å². The van der Waals surface area contributed by atoms with Crippen LogP contribution in [0.2, 0.25) is 5.02 Å². The van der Waals surface area contributed by atoms with Crippen LogP contribution in [0.4, 0.5) is 10.2 Å². The molecule has 0 saturated carbocycles. The van der Waals surface area contributed by atoms with E-state index in [9.17, 15) is 4.39 Å². The predicted octanol–water partition coefficient (Wildman–Crippen LogP) is 4.16. The van der Waals surface area contributed by atoms with Gasteiger partial charge < -0.3 is 5.32 Å². The van der Waals surface area contributed by atoms with Crippen LogP contribution in [-0.2, 0) is 12.8 Å². The van der Waals surface area contributed by atoms with Gasteiger partial charge in [0.2, 0.25) is 0 Å². The fourth-order valence-electron chi connectivity index (χ4n) is 2.33. The molecule has 112 valence electrons. The molecule has 0 aliphatic carbocycles. The molecule has 0 aliphatic heterocycles. The number of rotatable bonds is 5. The largest absolute Gasteiger partial charge is 0.370 e. The van der Waals surface area contributed by atoms with Crippen LogP contribution >= 0.6 is 11.6 Å². The van der Waals surface area contributed by atoms with E-state index in [4.69, 9.17) is 11.6 Å². The smallest absolute Gasteiger partial charge is 0.135 e. The van der Waals surface area contributed by atoms with Crippen molar-refractivity contribution in [1.82, 2.24) is 9.97 Å². The number of benzene rings is 1. The maximum absolute atomic E-state index is 13.9. The van der Waals surface area contributed by atoms with E-state index in [1.165, 1.54) is 6.07 Å². The molecule has 3 nitrogen and oxygen atoms in total. The van der Waals surface area contributed by atoms with Crippen LogP contribution in [0, 0.1) is 12.7 Å². The zero-order chi connectivity index (χ0) is 15.4. The Morgan fingerprint density at radius 3 is 2.57 bits per heavy atom. The molecule has 0 bridgehead atoms. The molecule has 0 radical (unpaired) electrons. The van der Waals surface area contributed by atoms with Crippen LogP contribution in [0.1, 0.15) is 36.5 Å². The highest BCUT2D eigenvalue weighted by Crippen LogP contribution is 2.23. The molecule has 0 amide bonds. The van der Waals surface area contributed by atoms with Gasteiger partial charge in [-0.1, -0.05) is 24.6 Å². The molecule has 2 aromatic rings. The zero-order valence-electron chi connectivity index (χ0n) is 12.5. The maximum Gasteiger partial charge on any atom is 0.135 e. The fourth-order valence-corrected chi connectivity index (χ4v) is 2.56. The summed E-state index contributed by atoms with van der Waals surface area (Å²) < 4.78 is 13.9. The van der Waals surface area contributed by atoms with Crippen LogP contribution in [0.5, 0.6) is 0 Å². The van der Waals surface area contributed by atoms with E-state index in [0.717, 1.165) is 30.0 Å². The summed E-state index contributed by atoms with van der Waals surface area (Å²) in [7, 11) is 0. The summed E-state index contributed by atoms with van der Waals surface area (Å²) in [6.07, 6.45) is 1.14. The van der Waals surface area contributed by atoms with Gasteiger partial charge >= 0.3 is 0 Å². The summed E-state index contributed by atoms with van der Waals surface area (Å²) in [5, 5.41) is 3.65. The number of halogens is 2. The molecule has 2 rings (SSSR count). The molecule has 0 aliphatic rings. The Labute approximate surface area is 129 Å². The van der Waals surface area contributed by atoms with Gasteiger partial charge in [0.05, 0.1) is 0 Å². The number of nitrogens with zero attached hydrogens (tertiary/aromatic N) is 2. The second-order valence-corrected chi connectivity index (χ2v) is 5.22. The summed E-state index contributed by atoms with van der Waals surface area (Å²) in [4.78, 5) is 9.01. The molecule has 1 N–H and O–H groups in total. The first kappa shape index (κ1) is 15.7. The van der Waals surface area contributed by atoms with Crippen LogP contribution < -0.4 is 5.32 Å². The topological polar surface area (TPSA) is 37.8 Å². The van der Waals surface area contributed by atoms with Crippen molar-refractivity contribution in [1.29, 1.82) is 0 Å². The molecule has 1 heterocycles. The molecule has 1 aromatic carbocycles. The Morgan fingerprint density at radius 2 is 1.95 bits per heavy atom. The van der Waals surface area contributed by atoms with Crippen molar-refractivity contribution in [2.45, 2.75) is 33.6 Å². The minimum Gasteiger partial charge on any atom is -0.370 e. The Bertz CT molecular complexity index is 623. The average Bonchev–Trinajstić information content (AvgIpc) is 2.43. The van der Waals surface area contributed by atoms with Crippen molar-refractivity contribution in [3.8, 4) is 0 Å². The number of anilines is 1. The first-order valence-corrected chi connectivity index (χ1v) is 7.47. The van der Waals surface area contributed by atoms with Crippen LogP contribution in [0.25, 0.3) is 0 Å². The van der Waals surface area contributed by atoms with Gasteiger partial charge in [-0.3, -0.25) is 0 Å². The van der Waals surface area contributed by atoms with Crippen LogP contribution in [-0.4, -0.2) is 16.5 Å². The van der Waals surface area contributed by atoms with Gasteiger partial charge in [0.25, 0.3) is 0 Å². The predicted molar refractivity (Wildman–Crippen MR) is 84.5 cm³/mol. The highest BCUT2D eigenvalue weighted by Gasteiger charge is 2.13. The molecular weight excluding hydrogens is 289 g/mol. The second kappa shape index (κ2) is 6.85. The fraction of sp³-hybridized carbons (Fsp3) is 0.375. The molecule has 0 saturated heterocycles. The highest BCUT2D eigenvalue weighted by molar-refractivity contribution is 6.31. The van der Waals surface area contributed by atoms with Crippen molar-refractivity contribution < 1.29 is 4.39 Å². The lowest BCUT2D eigenvalue weighted by atomic mass is 10.1. The zero-order valence-corrected chi connectivity index (χ0v) is 13.3. The maximum atomic E-state index is 13.9. The van der Waals surface area contributed by atoms with E-state index in [2.05, 4.69) is 22.2 Å². The van der Waals surface area contributed by atoms with Gasteiger partial charge in [0.1, 0.15) is 17.5 Å². The Morgan fingerprint density at radius 1 is 1.19 bits per heavy atom. The molecular formula is C16H19ClFN3. The molecule has 0 atom stereocenters. The molecule has 1 aromatic heterocycles. The normalized spacial score (nSPS) is 10.7. The van der Waals surface area contributed by atoms with E-state index in [0.29, 0.717) is 16.4 Å². The molecule has 5 heteroatoms. The van der Waals surface area contributed by atoms with Crippen molar-refractivity contribution in [3.05, 3.63) is 51.7 Å². The Hall–Kier alpha value is -1.68. The van der Waals surface area contributed by atoms with Gasteiger partial charge in [0.15, 0.2) is 0 Å². The summed E-state index contributed by atoms with van der Waals surface area (Å²) in [6, 6.07) is 4.68. The van der Waals surface area contributed by atoms with Crippen molar-refractivity contribution in [3.63, 3.8) is 0 Å². The van der Waals surface area contributed by atoms with Crippen LogP contribution in [0.3, 0.4) is 0 Å². The number of hydrogen-bond donors (Lipinski definition) is 1. The lowest BCUT2D eigenvalue weighted by molar-refractivity contribution is 0.612. The quantitative estimate of drug-likeness (QED) is 0.901. The van der Waals surface area contributed by atoms with E-state index in [1.54, 1.807) is 12.1 Å². The van der Waals surface area contributed by atoms with E-state index >= 15 is 0 Å². The van der Waals surface area contributed by atoms with Gasteiger partial charge in [-0.05, 0) is 32.4 Å². The summed E-state index contributed by atoms with van der Waals surface area (Å²) >= 11 is 6.07. The average molecular weight is 308 g/mol. The highest BCUT2D eigenvalue weighted by atomic mass is 35.5. The van der Waals surface area contributed by atoms with Crippen molar-refractivity contribution >= 4 is 17.4 Å². The first-order valence-electron chi connectivity index (χ1n) is 7.09. The summed E-state index contributed by atoms with van der Waals surface area (Å²) in [5.74, 6) is 1.08. The minimum atomic E-state index is -0.326. The SMILES string of the molecule is CCNc1nc(Cc2c(F)cccc2Cl)nc(C)c1CC. The molecule has 21 heavy (non-hydrogen) atoms. The number of nitrogens with one attached hydrogen (secondary N) is 1. The third kappa shape index (κ3) is 3.50. The van der Waals surface area contributed by atoms with Gasteiger partial charge in [0, 0.05) is 34.8 Å². The van der Waals surface area contributed by atoms with Gasteiger partial charge in [-0.25, -0.2) is 14.4 Å². The minimum absolute atomic E-state index is 0.286. The lowest BCUT2D eigenvalue weighted by Crippen LogP contribution is -2.10. The van der Waals surface area contributed by atoms with Gasteiger partial charge in [-0.2, -0.15) is 0 Å². The summed E-state index contributed by atoms with van der Waals surface area (Å²) in [6.45, 7) is 6.82. The standard InChI is InChI=1S/C16H19ClFN3/c1-4-11-10(3)20-15(21-16(11)19-5-2)9-12-13(17)7-6-8-14(12)18/h6-8H,4-5,9H2,1-3H3,(H,19,20,21). The third-order valence-electron chi connectivity index (χ3n) is 3.35. The van der Waals surface area contributed by atoms with Crippen molar-refractivity contribution in [2.75, 3.05) is 11.9 Å².